The third-order valence-electron chi connectivity index (χ3n) is 7.19. The summed E-state index contributed by atoms with van der Waals surface area (Å²) in [6, 6.07) is 3.84. The van der Waals surface area contributed by atoms with Crippen LogP contribution in [-0.2, 0) is 17.5 Å². The number of likely N-dealkylation sites (tertiary alicyclic amines) is 1. The fourth-order valence-corrected chi connectivity index (χ4v) is 5.21. The molecule has 0 spiro atoms. The van der Waals surface area contributed by atoms with E-state index in [2.05, 4.69) is 21.6 Å². The van der Waals surface area contributed by atoms with Crippen LogP contribution in [0.1, 0.15) is 18.1 Å². The van der Waals surface area contributed by atoms with Gasteiger partial charge >= 0.3 is 18.4 Å². The molecule has 0 bridgehead atoms. The third-order valence-corrected chi connectivity index (χ3v) is 7.19. The van der Waals surface area contributed by atoms with Gasteiger partial charge in [0, 0.05) is 64.6 Å². The molecule has 3 aliphatic rings. The van der Waals surface area contributed by atoms with E-state index in [1.807, 2.05) is 4.90 Å². The average Bonchev–Trinajstić information content (AvgIpc) is 3.30. The molecule has 0 radical (unpaired) electrons. The lowest BCUT2D eigenvalue weighted by molar-refractivity contribution is -0.200. The van der Waals surface area contributed by atoms with Gasteiger partial charge < -0.3 is 19.4 Å². The van der Waals surface area contributed by atoms with Gasteiger partial charge in [-0.1, -0.05) is 6.07 Å². The second kappa shape index (κ2) is 9.68. The van der Waals surface area contributed by atoms with Crippen molar-refractivity contribution in [2.45, 2.75) is 31.9 Å². The molecule has 0 aromatic heterocycles. The number of carbonyl (C=O) groups is 1. The van der Waals surface area contributed by atoms with Gasteiger partial charge in [0.25, 0.3) is 0 Å². The molecule has 4 rings (SSSR count). The highest BCUT2D eigenvalue weighted by molar-refractivity contribution is 5.68. The van der Waals surface area contributed by atoms with E-state index in [9.17, 15) is 31.1 Å². The van der Waals surface area contributed by atoms with Crippen molar-refractivity contribution in [3.05, 3.63) is 29.3 Å². The van der Waals surface area contributed by atoms with Crippen LogP contribution >= 0.6 is 0 Å². The summed E-state index contributed by atoms with van der Waals surface area (Å²) in [7, 11) is 2.05. The molecule has 3 aliphatic heterocycles. The number of ether oxygens (including phenoxy) is 1. The van der Waals surface area contributed by atoms with Crippen molar-refractivity contribution in [3.8, 4) is 0 Å². The van der Waals surface area contributed by atoms with Crippen molar-refractivity contribution in [2.75, 3.05) is 64.3 Å². The fourth-order valence-electron chi connectivity index (χ4n) is 5.21. The van der Waals surface area contributed by atoms with Gasteiger partial charge in [-0.15, -0.1) is 0 Å². The first-order valence-corrected chi connectivity index (χ1v) is 11.7. The van der Waals surface area contributed by atoms with Crippen molar-refractivity contribution in [1.29, 1.82) is 0 Å². The van der Waals surface area contributed by atoms with Crippen molar-refractivity contribution in [1.82, 2.24) is 14.7 Å². The lowest BCUT2D eigenvalue weighted by Crippen LogP contribution is -2.49. The van der Waals surface area contributed by atoms with E-state index in [0.29, 0.717) is 50.2 Å². The lowest BCUT2D eigenvalue weighted by atomic mass is 10.0. The van der Waals surface area contributed by atoms with Gasteiger partial charge in [-0.3, -0.25) is 4.90 Å². The molecule has 3 saturated heterocycles. The summed E-state index contributed by atoms with van der Waals surface area (Å²) in [4.78, 5) is 19.6. The molecule has 3 atom stereocenters. The molecule has 3 heterocycles. The van der Waals surface area contributed by atoms with E-state index >= 15 is 0 Å². The molecule has 0 N–H and O–H groups in total. The first-order chi connectivity index (χ1) is 16.3. The topological polar surface area (TPSA) is 39.3 Å². The first kappa shape index (κ1) is 25.9. The first-order valence-electron chi connectivity index (χ1n) is 11.7. The summed E-state index contributed by atoms with van der Waals surface area (Å²) in [5, 5.41) is 0. The number of carbonyl (C=O) groups excluding carboxylic acids is 1. The highest BCUT2D eigenvalue weighted by atomic mass is 19.4. The predicted molar refractivity (Wildman–Crippen MR) is 117 cm³/mol. The molecule has 35 heavy (non-hydrogen) atoms. The number of alkyl halides is 6. The number of hydrogen-bond donors (Lipinski definition) is 0. The summed E-state index contributed by atoms with van der Waals surface area (Å²) in [5.74, 6) is 0.854. The van der Waals surface area contributed by atoms with Gasteiger partial charge in [0.15, 0.2) is 6.10 Å². The van der Waals surface area contributed by atoms with Crippen molar-refractivity contribution in [3.63, 3.8) is 0 Å². The molecule has 196 valence electrons. The molecule has 3 fully saturated rings. The highest BCUT2D eigenvalue weighted by Gasteiger charge is 2.41. The monoisotopic (exact) mass is 508 g/mol. The molecule has 6 nitrogen and oxygen atoms in total. The number of benzene rings is 1. The number of piperazine rings is 1. The van der Waals surface area contributed by atoms with Crippen molar-refractivity contribution in [2.24, 2.45) is 11.8 Å². The zero-order valence-electron chi connectivity index (χ0n) is 19.7. The summed E-state index contributed by atoms with van der Waals surface area (Å²) in [6.45, 7) is 5.57. The molecular formula is C23H30F6N4O2. The van der Waals surface area contributed by atoms with Crippen LogP contribution < -0.4 is 4.90 Å². The SMILES string of the molecule is CC(OC(=O)N1CCN(Cc2ccc(C(F)(F)F)cc2N2CC3CN(C)CC3C2)CC1)C(F)(F)F. The average molecular weight is 509 g/mol. The number of nitrogens with zero attached hydrogens (tertiary/aromatic N) is 4. The fraction of sp³-hybridized carbons (Fsp3) is 0.696. The van der Waals surface area contributed by atoms with Crippen LogP contribution in [-0.4, -0.2) is 92.5 Å². The normalized spacial score (nSPS) is 25.1. The van der Waals surface area contributed by atoms with Crippen molar-refractivity contribution < 1.29 is 35.9 Å². The molecule has 0 aliphatic carbocycles. The number of hydrogen-bond acceptors (Lipinski definition) is 5. The Kier molecular flexibility index (Phi) is 7.16. The van der Waals surface area contributed by atoms with E-state index in [4.69, 9.17) is 0 Å². The van der Waals surface area contributed by atoms with Crippen LogP contribution in [0.3, 0.4) is 0 Å². The molecular weight excluding hydrogens is 478 g/mol. The van der Waals surface area contributed by atoms with Gasteiger partial charge in [0.1, 0.15) is 0 Å². The van der Waals surface area contributed by atoms with E-state index < -0.39 is 30.1 Å². The second-order valence-electron chi connectivity index (χ2n) is 9.82. The minimum absolute atomic E-state index is 0.180. The summed E-state index contributed by atoms with van der Waals surface area (Å²) in [6.07, 6.45) is -12.3. The van der Waals surface area contributed by atoms with E-state index in [-0.39, 0.29) is 13.1 Å². The minimum atomic E-state index is -4.63. The number of rotatable bonds is 4. The second-order valence-corrected chi connectivity index (χ2v) is 9.82. The summed E-state index contributed by atoms with van der Waals surface area (Å²) >= 11 is 0. The lowest BCUT2D eigenvalue weighted by Gasteiger charge is -2.35. The Bertz CT molecular complexity index is 902. The Hall–Kier alpha value is -2.21. The summed E-state index contributed by atoms with van der Waals surface area (Å²) in [5.41, 5.74) is 0.669. The number of fused-ring (bicyclic) bond motifs is 1. The van der Waals surface area contributed by atoms with Gasteiger partial charge in [0.2, 0.25) is 0 Å². The Labute approximate surface area is 200 Å². The van der Waals surface area contributed by atoms with Crippen molar-refractivity contribution >= 4 is 11.8 Å². The Balaban J connectivity index is 1.42. The van der Waals surface area contributed by atoms with Gasteiger partial charge in [-0.2, -0.15) is 26.3 Å². The van der Waals surface area contributed by atoms with Crippen LogP contribution in [0.4, 0.5) is 36.8 Å². The van der Waals surface area contributed by atoms with E-state index in [1.165, 1.54) is 17.0 Å². The van der Waals surface area contributed by atoms with E-state index in [0.717, 1.165) is 31.6 Å². The Morgan fingerprint density at radius 2 is 1.60 bits per heavy atom. The highest BCUT2D eigenvalue weighted by Crippen LogP contribution is 2.38. The zero-order valence-corrected chi connectivity index (χ0v) is 19.7. The van der Waals surface area contributed by atoms with Crippen LogP contribution in [0.2, 0.25) is 0 Å². The van der Waals surface area contributed by atoms with Crippen LogP contribution in [0.25, 0.3) is 0 Å². The number of halogens is 6. The maximum absolute atomic E-state index is 13.5. The minimum Gasteiger partial charge on any atom is -0.437 e. The predicted octanol–water partition coefficient (Wildman–Crippen LogP) is 3.91. The standard InChI is InChI=1S/C23H30F6N4O2/c1-15(22(24,25)26)35-21(34)32-7-5-31(6-8-32)12-16-3-4-19(23(27,28)29)9-20(16)33-13-17-10-30(2)11-18(17)14-33/h3-4,9,15,17-18H,5-8,10-14H2,1-2H3. The molecule has 1 aromatic carbocycles. The quantitative estimate of drug-likeness (QED) is 0.577. The van der Waals surface area contributed by atoms with Crippen LogP contribution in [0, 0.1) is 11.8 Å². The molecule has 1 aromatic rings. The van der Waals surface area contributed by atoms with E-state index in [1.54, 1.807) is 0 Å². The number of anilines is 1. The number of amides is 1. The van der Waals surface area contributed by atoms with Gasteiger partial charge in [-0.25, -0.2) is 4.79 Å². The van der Waals surface area contributed by atoms with Crippen LogP contribution in [0.15, 0.2) is 18.2 Å². The molecule has 12 heteroatoms. The van der Waals surface area contributed by atoms with Gasteiger partial charge in [-0.05, 0) is 43.5 Å². The maximum atomic E-state index is 13.5. The zero-order chi connectivity index (χ0) is 25.5. The third kappa shape index (κ3) is 5.96. The Morgan fingerprint density at radius 1 is 1.00 bits per heavy atom. The van der Waals surface area contributed by atoms with Gasteiger partial charge in [0.05, 0.1) is 5.56 Å². The molecule has 0 saturated carbocycles. The largest absolute Gasteiger partial charge is 0.437 e. The smallest absolute Gasteiger partial charge is 0.425 e. The van der Waals surface area contributed by atoms with Crippen LogP contribution in [0.5, 0.6) is 0 Å². The maximum Gasteiger partial charge on any atom is 0.425 e. The molecule has 1 amide bonds. The Morgan fingerprint density at radius 3 is 2.14 bits per heavy atom. The molecule has 3 unspecified atom stereocenters. The summed E-state index contributed by atoms with van der Waals surface area (Å²) < 4.78 is 82.9.